The Morgan fingerprint density at radius 3 is 2.52 bits per heavy atom. The zero-order chi connectivity index (χ0) is 16.3. The molecular weight excluding hydrogens is 292 g/mol. The van der Waals surface area contributed by atoms with E-state index in [4.69, 9.17) is 10.4 Å². The summed E-state index contributed by atoms with van der Waals surface area (Å²) in [5, 5.41) is 17.9. The highest BCUT2D eigenvalue weighted by atomic mass is 32.2. The molecule has 1 aromatic rings. The van der Waals surface area contributed by atoms with Gasteiger partial charge in [-0.3, -0.25) is 4.79 Å². The summed E-state index contributed by atoms with van der Waals surface area (Å²) in [7, 11) is -3.82. The molecule has 114 valence electrons. The van der Waals surface area contributed by atoms with E-state index in [1.165, 1.54) is 25.1 Å². The van der Waals surface area contributed by atoms with Crippen LogP contribution in [0.4, 0.5) is 0 Å². The maximum Gasteiger partial charge on any atom is 0.310 e. The second-order valence-corrected chi connectivity index (χ2v) is 6.87. The number of carboxylic acid groups (broad SMARTS) is 1. The molecule has 0 saturated carbocycles. The van der Waals surface area contributed by atoms with Crippen molar-refractivity contribution in [1.29, 1.82) is 5.26 Å². The van der Waals surface area contributed by atoms with Gasteiger partial charge in [-0.15, -0.1) is 0 Å². The molecule has 0 radical (unpaired) electrons. The van der Waals surface area contributed by atoms with E-state index in [0.717, 1.165) is 0 Å². The molecule has 21 heavy (non-hydrogen) atoms. The number of rotatable bonds is 6. The zero-order valence-corrected chi connectivity index (χ0v) is 13.0. The maximum absolute atomic E-state index is 12.3. The monoisotopic (exact) mass is 310 g/mol. The number of hydrogen-bond acceptors (Lipinski definition) is 4. The molecule has 0 saturated heterocycles. The fourth-order valence-electron chi connectivity index (χ4n) is 1.70. The van der Waals surface area contributed by atoms with Crippen LogP contribution in [0.5, 0.6) is 0 Å². The number of benzene rings is 1. The van der Waals surface area contributed by atoms with Crippen LogP contribution >= 0.6 is 0 Å². The minimum absolute atomic E-state index is 0.0466. The van der Waals surface area contributed by atoms with Gasteiger partial charge in [0.2, 0.25) is 10.0 Å². The van der Waals surface area contributed by atoms with Crippen molar-refractivity contribution < 1.29 is 18.3 Å². The van der Waals surface area contributed by atoms with Gasteiger partial charge in [-0.05, 0) is 44.0 Å². The Bertz CT molecular complexity index is 691. The Morgan fingerprint density at radius 1 is 1.48 bits per heavy atom. The summed E-state index contributed by atoms with van der Waals surface area (Å²) in [6, 6.07) is 6.17. The van der Waals surface area contributed by atoms with Gasteiger partial charge in [-0.1, -0.05) is 6.92 Å². The molecule has 0 amide bonds. The summed E-state index contributed by atoms with van der Waals surface area (Å²) in [5.74, 6) is -1.05. The van der Waals surface area contributed by atoms with Crippen LogP contribution < -0.4 is 4.72 Å². The van der Waals surface area contributed by atoms with Crippen molar-refractivity contribution in [3.63, 3.8) is 0 Å². The van der Waals surface area contributed by atoms with E-state index in [9.17, 15) is 13.2 Å². The molecule has 0 bridgehead atoms. The number of hydrogen-bond donors (Lipinski definition) is 2. The van der Waals surface area contributed by atoms with Gasteiger partial charge in [0.1, 0.15) is 0 Å². The van der Waals surface area contributed by atoms with Crippen molar-refractivity contribution >= 4 is 16.0 Å². The second-order valence-electron chi connectivity index (χ2n) is 5.14. The molecule has 1 unspecified atom stereocenters. The predicted molar refractivity (Wildman–Crippen MR) is 77.1 cm³/mol. The molecule has 7 heteroatoms. The molecule has 0 fully saturated rings. The summed E-state index contributed by atoms with van der Waals surface area (Å²) in [6.07, 6.45) is 0.303. The Labute approximate surface area is 124 Å². The summed E-state index contributed by atoms with van der Waals surface area (Å²) in [6.45, 7) is 4.57. The van der Waals surface area contributed by atoms with Crippen molar-refractivity contribution in [1.82, 2.24) is 4.72 Å². The molecule has 6 nitrogen and oxygen atoms in total. The predicted octanol–water partition coefficient (Wildman–Crippen LogP) is 1.65. The van der Waals surface area contributed by atoms with Crippen molar-refractivity contribution in [2.45, 2.75) is 32.1 Å². The number of sulfonamides is 1. The lowest BCUT2D eigenvalue weighted by molar-refractivity contribution is -0.147. The van der Waals surface area contributed by atoms with E-state index in [1.807, 2.05) is 6.07 Å². The van der Waals surface area contributed by atoms with E-state index in [0.29, 0.717) is 17.5 Å². The van der Waals surface area contributed by atoms with Crippen LogP contribution in [-0.2, 0) is 14.8 Å². The van der Waals surface area contributed by atoms with E-state index < -0.39 is 21.4 Å². The van der Waals surface area contributed by atoms with Crippen LogP contribution in [-0.4, -0.2) is 26.0 Å². The van der Waals surface area contributed by atoms with Gasteiger partial charge < -0.3 is 5.11 Å². The number of nitrogens with one attached hydrogen (secondary N) is 1. The lowest BCUT2D eigenvalue weighted by atomic mass is 9.88. The van der Waals surface area contributed by atoms with Crippen LogP contribution in [0.25, 0.3) is 0 Å². The van der Waals surface area contributed by atoms with Gasteiger partial charge in [0.25, 0.3) is 0 Å². The van der Waals surface area contributed by atoms with Crippen molar-refractivity contribution in [2.75, 3.05) is 6.54 Å². The SMILES string of the molecule is CCC(C)(CNS(=O)(=O)c1ccc(C#N)cc1C)C(=O)O. The third-order valence-corrected chi connectivity index (χ3v) is 5.10. The Morgan fingerprint density at radius 2 is 2.10 bits per heavy atom. The molecule has 1 atom stereocenters. The number of carbonyl (C=O) groups is 1. The first-order valence-electron chi connectivity index (χ1n) is 6.40. The second kappa shape index (κ2) is 6.24. The minimum Gasteiger partial charge on any atom is -0.481 e. The highest BCUT2D eigenvalue weighted by molar-refractivity contribution is 7.89. The normalized spacial score (nSPS) is 14.2. The number of nitriles is 1. The lowest BCUT2D eigenvalue weighted by Crippen LogP contribution is -2.40. The van der Waals surface area contributed by atoms with E-state index in [1.54, 1.807) is 13.8 Å². The van der Waals surface area contributed by atoms with Crippen molar-refractivity contribution in [2.24, 2.45) is 5.41 Å². The third-order valence-electron chi connectivity index (χ3n) is 3.54. The Kier molecular flexibility index (Phi) is 5.10. The molecule has 0 aromatic heterocycles. The zero-order valence-electron chi connectivity index (χ0n) is 12.2. The lowest BCUT2D eigenvalue weighted by Gasteiger charge is -2.23. The molecule has 1 aromatic carbocycles. The Balaban J connectivity index is 3.03. The molecule has 1 rings (SSSR count). The highest BCUT2D eigenvalue weighted by Gasteiger charge is 2.33. The molecular formula is C14H18N2O4S. The van der Waals surface area contributed by atoms with Gasteiger partial charge >= 0.3 is 5.97 Å². The third kappa shape index (κ3) is 3.80. The molecule has 0 aliphatic rings. The minimum atomic E-state index is -3.82. The van der Waals surface area contributed by atoms with Gasteiger partial charge in [-0.2, -0.15) is 5.26 Å². The first-order chi connectivity index (χ1) is 9.66. The number of aliphatic carboxylic acids is 1. The summed E-state index contributed by atoms with van der Waals surface area (Å²) >= 11 is 0. The fourth-order valence-corrected chi connectivity index (χ4v) is 3.10. The average molecular weight is 310 g/mol. The largest absolute Gasteiger partial charge is 0.481 e. The van der Waals surface area contributed by atoms with Crippen LogP contribution in [0.1, 0.15) is 31.4 Å². The van der Waals surface area contributed by atoms with E-state index >= 15 is 0 Å². The first-order valence-corrected chi connectivity index (χ1v) is 7.88. The van der Waals surface area contributed by atoms with Crippen molar-refractivity contribution in [3.8, 4) is 6.07 Å². The van der Waals surface area contributed by atoms with Crippen LogP contribution in [0.3, 0.4) is 0 Å². The van der Waals surface area contributed by atoms with Crippen LogP contribution in [0.15, 0.2) is 23.1 Å². The summed E-state index contributed by atoms with van der Waals surface area (Å²) in [4.78, 5) is 11.2. The van der Waals surface area contributed by atoms with Gasteiger partial charge in [-0.25, -0.2) is 13.1 Å². The number of carboxylic acids is 1. The highest BCUT2D eigenvalue weighted by Crippen LogP contribution is 2.22. The fraction of sp³-hybridized carbons (Fsp3) is 0.429. The molecule has 0 spiro atoms. The topological polar surface area (TPSA) is 107 Å². The Hall–Kier alpha value is -1.91. The summed E-state index contributed by atoms with van der Waals surface area (Å²) in [5.41, 5.74) is -0.349. The standard InChI is InChI=1S/C14H18N2O4S/c1-4-14(3,13(17)18)9-16-21(19,20)12-6-5-11(8-15)7-10(12)2/h5-7,16H,4,9H2,1-3H3,(H,17,18). The molecule has 0 aliphatic heterocycles. The quantitative estimate of drug-likeness (QED) is 0.830. The first kappa shape index (κ1) is 17.1. The van der Waals surface area contributed by atoms with Crippen molar-refractivity contribution in [3.05, 3.63) is 29.3 Å². The maximum atomic E-state index is 12.3. The number of aryl methyl sites for hydroxylation is 1. The van der Waals surface area contributed by atoms with E-state index in [-0.39, 0.29) is 11.4 Å². The van der Waals surface area contributed by atoms with Crippen LogP contribution in [0, 0.1) is 23.7 Å². The molecule has 2 N–H and O–H groups in total. The van der Waals surface area contributed by atoms with Gasteiger partial charge in [0, 0.05) is 6.54 Å². The molecule has 0 aliphatic carbocycles. The van der Waals surface area contributed by atoms with E-state index in [2.05, 4.69) is 4.72 Å². The number of nitrogens with zero attached hydrogens (tertiary/aromatic N) is 1. The molecule has 0 heterocycles. The van der Waals surface area contributed by atoms with Gasteiger partial charge in [0.05, 0.1) is 21.9 Å². The smallest absolute Gasteiger partial charge is 0.310 e. The van der Waals surface area contributed by atoms with Crippen LogP contribution in [0.2, 0.25) is 0 Å². The van der Waals surface area contributed by atoms with Gasteiger partial charge in [0.15, 0.2) is 0 Å². The average Bonchev–Trinajstić information content (AvgIpc) is 2.44. The summed E-state index contributed by atoms with van der Waals surface area (Å²) < 4.78 is 26.8.